The van der Waals surface area contributed by atoms with Crippen molar-refractivity contribution in [3.8, 4) is 5.75 Å². The highest BCUT2D eigenvalue weighted by atomic mass is 16.5. The maximum atomic E-state index is 12.3. The first-order valence-electron chi connectivity index (χ1n) is 10.4. The second-order valence-corrected chi connectivity index (χ2v) is 7.44. The van der Waals surface area contributed by atoms with Crippen LogP contribution in [0.4, 0.5) is 16.2 Å². The largest absolute Gasteiger partial charge is 0.487 e. The molecule has 2 aromatic heterocycles. The van der Waals surface area contributed by atoms with Gasteiger partial charge in [0.15, 0.2) is 0 Å². The second kappa shape index (κ2) is 9.86. The van der Waals surface area contributed by atoms with E-state index in [0.29, 0.717) is 34.0 Å². The molecule has 0 aliphatic heterocycles. The van der Waals surface area contributed by atoms with Crippen molar-refractivity contribution in [3.05, 3.63) is 100 Å². The SMILES string of the molecule is COC(=O)c1ccc(NC(=O)Nc2cccc(OCc3cc(=O)n4cccc(C)c4n3)c2)cc1. The average Bonchev–Trinajstić information content (AvgIpc) is 2.83. The van der Waals surface area contributed by atoms with Crippen molar-refractivity contribution in [1.29, 1.82) is 0 Å². The van der Waals surface area contributed by atoms with E-state index >= 15 is 0 Å². The Balaban J connectivity index is 1.39. The summed E-state index contributed by atoms with van der Waals surface area (Å²) in [6, 6.07) is 17.9. The van der Waals surface area contributed by atoms with E-state index in [9.17, 15) is 14.4 Å². The molecule has 0 saturated heterocycles. The molecule has 172 valence electrons. The molecular weight excluding hydrogens is 436 g/mol. The quantitative estimate of drug-likeness (QED) is 0.422. The lowest BCUT2D eigenvalue weighted by Gasteiger charge is -2.11. The third-order valence-corrected chi connectivity index (χ3v) is 4.98. The molecule has 2 heterocycles. The standard InChI is InChI=1S/C25H22N4O5/c1-16-5-4-12-29-22(30)14-20(26-23(16)29)15-34-21-7-3-6-19(13-21)28-25(32)27-18-10-8-17(9-11-18)24(31)33-2/h3-14H,15H2,1-2H3,(H2,27,28,32). The Morgan fingerprint density at radius 3 is 2.50 bits per heavy atom. The molecule has 0 atom stereocenters. The lowest BCUT2D eigenvalue weighted by atomic mass is 10.2. The highest BCUT2D eigenvalue weighted by molar-refractivity contribution is 6.00. The molecule has 0 aliphatic carbocycles. The normalized spacial score (nSPS) is 10.5. The van der Waals surface area contributed by atoms with Gasteiger partial charge in [-0.25, -0.2) is 14.6 Å². The van der Waals surface area contributed by atoms with E-state index in [4.69, 9.17) is 4.74 Å². The summed E-state index contributed by atoms with van der Waals surface area (Å²) in [7, 11) is 1.30. The molecule has 9 nitrogen and oxygen atoms in total. The number of ether oxygens (including phenoxy) is 2. The molecule has 2 aromatic carbocycles. The van der Waals surface area contributed by atoms with Crippen molar-refractivity contribution < 1.29 is 19.1 Å². The van der Waals surface area contributed by atoms with E-state index in [-0.39, 0.29) is 12.2 Å². The summed E-state index contributed by atoms with van der Waals surface area (Å²) in [5.41, 5.74) is 3.21. The number of carbonyl (C=O) groups excluding carboxylic acids is 2. The van der Waals surface area contributed by atoms with Crippen molar-refractivity contribution in [1.82, 2.24) is 9.38 Å². The number of urea groups is 1. The van der Waals surface area contributed by atoms with Crippen LogP contribution in [0.5, 0.6) is 5.75 Å². The minimum Gasteiger partial charge on any atom is -0.487 e. The highest BCUT2D eigenvalue weighted by Crippen LogP contribution is 2.19. The molecule has 0 bridgehead atoms. The van der Waals surface area contributed by atoms with Crippen LogP contribution in [0.15, 0.2) is 77.7 Å². The molecular formula is C25H22N4O5. The van der Waals surface area contributed by atoms with Gasteiger partial charge in [-0.3, -0.25) is 9.20 Å². The zero-order valence-electron chi connectivity index (χ0n) is 18.6. The minimum atomic E-state index is -0.456. The zero-order valence-corrected chi connectivity index (χ0v) is 18.6. The number of carbonyl (C=O) groups is 2. The Morgan fingerprint density at radius 1 is 0.971 bits per heavy atom. The van der Waals surface area contributed by atoms with Gasteiger partial charge in [0.05, 0.1) is 18.4 Å². The number of pyridine rings is 1. The molecule has 0 spiro atoms. The van der Waals surface area contributed by atoms with Gasteiger partial charge >= 0.3 is 12.0 Å². The summed E-state index contributed by atoms with van der Waals surface area (Å²) in [5.74, 6) is 0.0547. The van der Waals surface area contributed by atoms with E-state index < -0.39 is 12.0 Å². The van der Waals surface area contributed by atoms with E-state index in [2.05, 4.69) is 20.4 Å². The summed E-state index contributed by atoms with van der Waals surface area (Å²) < 4.78 is 11.9. The average molecular weight is 458 g/mol. The summed E-state index contributed by atoms with van der Waals surface area (Å²) in [6.07, 6.45) is 1.68. The lowest BCUT2D eigenvalue weighted by molar-refractivity contribution is 0.0600. The Morgan fingerprint density at radius 2 is 1.74 bits per heavy atom. The van der Waals surface area contributed by atoms with Crippen molar-refractivity contribution >= 4 is 29.0 Å². The molecule has 0 aliphatic rings. The van der Waals surface area contributed by atoms with E-state index in [0.717, 1.165) is 5.56 Å². The van der Waals surface area contributed by atoms with Crippen molar-refractivity contribution in [2.45, 2.75) is 13.5 Å². The minimum absolute atomic E-state index is 0.0995. The first kappa shape index (κ1) is 22.5. The summed E-state index contributed by atoms with van der Waals surface area (Å²) in [5, 5.41) is 5.42. The number of benzene rings is 2. The summed E-state index contributed by atoms with van der Waals surface area (Å²) in [6.45, 7) is 1.99. The van der Waals surface area contributed by atoms with Crippen LogP contribution in [-0.2, 0) is 11.3 Å². The van der Waals surface area contributed by atoms with Crippen LogP contribution in [0.3, 0.4) is 0 Å². The molecule has 4 aromatic rings. The Hall–Kier alpha value is -4.66. The van der Waals surface area contributed by atoms with Crippen LogP contribution >= 0.6 is 0 Å². The number of fused-ring (bicyclic) bond motifs is 1. The number of aromatic nitrogens is 2. The number of hydrogen-bond acceptors (Lipinski definition) is 6. The Bertz CT molecular complexity index is 1410. The number of esters is 1. The van der Waals surface area contributed by atoms with Crippen molar-refractivity contribution in [3.63, 3.8) is 0 Å². The number of anilines is 2. The van der Waals surface area contributed by atoms with Crippen LogP contribution < -0.4 is 20.9 Å². The topological polar surface area (TPSA) is 111 Å². The monoisotopic (exact) mass is 458 g/mol. The van der Waals surface area contributed by atoms with Crippen molar-refractivity contribution in [2.24, 2.45) is 0 Å². The predicted octanol–water partition coefficient (Wildman–Crippen LogP) is 4.01. The molecule has 2 amide bonds. The van der Waals surface area contributed by atoms with E-state index in [1.54, 1.807) is 60.8 Å². The smallest absolute Gasteiger partial charge is 0.337 e. The molecule has 4 rings (SSSR count). The number of amides is 2. The molecule has 0 fully saturated rings. The zero-order chi connectivity index (χ0) is 24.1. The van der Waals surface area contributed by atoms with E-state index in [1.165, 1.54) is 17.6 Å². The fraction of sp³-hybridized carbons (Fsp3) is 0.120. The molecule has 34 heavy (non-hydrogen) atoms. The maximum Gasteiger partial charge on any atom is 0.337 e. The van der Waals surface area contributed by atoms with Crippen LogP contribution in [-0.4, -0.2) is 28.5 Å². The maximum absolute atomic E-state index is 12.3. The van der Waals surface area contributed by atoms with Gasteiger partial charge in [0.25, 0.3) is 5.56 Å². The summed E-state index contributed by atoms with van der Waals surface area (Å²) >= 11 is 0. The third kappa shape index (κ3) is 5.21. The van der Waals surface area contributed by atoms with Crippen LogP contribution in [0.2, 0.25) is 0 Å². The number of hydrogen-bond donors (Lipinski definition) is 2. The highest BCUT2D eigenvalue weighted by Gasteiger charge is 2.08. The van der Waals surface area contributed by atoms with Crippen LogP contribution in [0.25, 0.3) is 5.65 Å². The van der Waals surface area contributed by atoms with Gasteiger partial charge in [-0.05, 0) is 55.0 Å². The number of rotatable bonds is 6. The lowest BCUT2D eigenvalue weighted by Crippen LogP contribution is -2.19. The van der Waals surface area contributed by atoms with Gasteiger partial charge in [-0.2, -0.15) is 0 Å². The Kier molecular flexibility index (Phi) is 6.54. The summed E-state index contributed by atoms with van der Waals surface area (Å²) in [4.78, 5) is 40.7. The fourth-order valence-corrected chi connectivity index (χ4v) is 3.30. The van der Waals surface area contributed by atoms with Gasteiger partial charge in [0, 0.05) is 29.7 Å². The number of nitrogens with one attached hydrogen (secondary N) is 2. The van der Waals surface area contributed by atoms with Crippen LogP contribution in [0, 0.1) is 6.92 Å². The molecule has 2 N–H and O–H groups in total. The molecule has 0 saturated carbocycles. The second-order valence-electron chi connectivity index (χ2n) is 7.44. The molecule has 0 radical (unpaired) electrons. The fourth-order valence-electron chi connectivity index (χ4n) is 3.30. The van der Waals surface area contributed by atoms with Gasteiger partial charge in [-0.15, -0.1) is 0 Å². The van der Waals surface area contributed by atoms with Crippen molar-refractivity contribution in [2.75, 3.05) is 17.7 Å². The third-order valence-electron chi connectivity index (χ3n) is 4.98. The molecule has 0 unspecified atom stereocenters. The number of aryl methyl sites for hydroxylation is 1. The molecule has 9 heteroatoms. The van der Waals surface area contributed by atoms with Gasteiger partial charge in [-0.1, -0.05) is 12.1 Å². The number of nitrogens with zero attached hydrogens (tertiary/aromatic N) is 2. The number of methoxy groups -OCH3 is 1. The van der Waals surface area contributed by atoms with Gasteiger partial charge in [0.2, 0.25) is 0 Å². The van der Waals surface area contributed by atoms with E-state index in [1.807, 2.05) is 13.0 Å². The first-order chi connectivity index (χ1) is 16.4. The first-order valence-corrected chi connectivity index (χ1v) is 10.4. The van der Waals surface area contributed by atoms with Gasteiger partial charge < -0.3 is 20.1 Å². The van der Waals surface area contributed by atoms with Crippen LogP contribution in [0.1, 0.15) is 21.6 Å². The predicted molar refractivity (Wildman–Crippen MR) is 127 cm³/mol. The Labute approximate surface area is 195 Å². The van der Waals surface area contributed by atoms with Gasteiger partial charge in [0.1, 0.15) is 18.0 Å².